The Hall–Kier alpha value is -5.70. The predicted octanol–water partition coefficient (Wildman–Crippen LogP) is 6.09. The van der Waals surface area contributed by atoms with E-state index in [9.17, 15) is 19.2 Å². The number of carbonyl (C=O) groups excluding carboxylic acids is 4. The number of rotatable bonds is 11. The lowest BCUT2D eigenvalue weighted by Crippen LogP contribution is -2.56. The highest BCUT2D eigenvalue weighted by Crippen LogP contribution is 2.50. The fourth-order valence-electron chi connectivity index (χ4n) is 9.73. The largest absolute Gasteiger partial charge is 0.453 e. The summed E-state index contributed by atoms with van der Waals surface area (Å²) in [6, 6.07) is 11.2. The van der Waals surface area contributed by atoms with Crippen LogP contribution in [0.15, 0.2) is 48.8 Å². The van der Waals surface area contributed by atoms with Crippen molar-refractivity contribution >= 4 is 24.0 Å². The van der Waals surface area contributed by atoms with Gasteiger partial charge in [-0.05, 0) is 109 Å². The van der Waals surface area contributed by atoms with Gasteiger partial charge in [0.1, 0.15) is 23.7 Å². The van der Waals surface area contributed by atoms with Gasteiger partial charge in [0.2, 0.25) is 11.8 Å². The Balaban J connectivity index is 0.984. The second-order valence-corrected chi connectivity index (χ2v) is 16.6. The van der Waals surface area contributed by atoms with Gasteiger partial charge in [-0.15, -0.1) is 0 Å². The van der Waals surface area contributed by atoms with Crippen LogP contribution >= 0.6 is 0 Å². The number of amides is 4. The van der Waals surface area contributed by atoms with Crippen LogP contribution in [0.4, 0.5) is 9.59 Å². The third kappa shape index (κ3) is 7.56. The van der Waals surface area contributed by atoms with Crippen LogP contribution < -0.4 is 10.6 Å². The van der Waals surface area contributed by atoms with Crippen molar-refractivity contribution in [3.63, 3.8) is 0 Å². The van der Waals surface area contributed by atoms with Crippen molar-refractivity contribution in [3.8, 4) is 33.6 Å². The van der Waals surface area contributed by atoms with Crippen molar-refractivity contribution in [3.05, 3.63) is 71.6 Å². The molecule has 59 heavy (non-hydrogen) atoms. The maximum atomic E-state index is 14.1. The summed E-state index contributed by atoms with van der Waals surface area (Å²) >= 11 is 0. The second-order valence-electron chi connectivity index (χ2n) is 16.6. The van der Waals surface area contributed by atoms with Gasteiger partial charge in [0.15, 0.2) is 0 Å². The molecule has 15 heteroatoms. The summed E-state index contributed by atoms with van der Waals surface area (Å²) in [5.74, 6) is 1.34. The minimum atomic E-state index is -0.887. The van der Waals surface area contributed by atoms with Crippen molar-refractivity contribution in [2.24, 2.45) is 11.8 Å². The smallest absolute Gasteiger partial charge is 0.407 e. The number of ether oxygens (including phenoxy) is 3. The predicted molar refractivity (Wildman–Crippen MR) is 219 cm³/mol. The van der Waals surface area contributed by atoms with Gasteiger partial charge in [-0.1, -0.05) is 38.1 Å². The Morgan fingerprint density at radius 1 is 0.763 bits per heavy atom. The monoisotopic (exact) mass is 806 g/mol. The lowest BCUT2D eigenvalue weighted by molar-refractivity contribution is -0.141. The number of hydrogen-bond donors (Lipinski definition) is 4. The molecule has 3 fully saturated rings. The van der Waals surface area contributed by atoms with Crippen molar-refractivity contribution in [1.29, 1.82) is 0 Å². The van der Waals surface area contributed by atoms with Gasteiger partial charge in [-0.2, -0.15) is 0 Å². The van der Waals surface area contributed by atoms with Crippen LogP contribution in [0.25, 0.3) is 33.6 Å². The average Bonchev–Trinajstić information content (AvgIpc) is 4.11. The summed E-state index contributed by atoms with van der Waals surface area (Å²) in [6.45, 7) is 6.18. The van der Waals surface area contributed by atoms with Crippen LogP contribution in [0, 0.1) is 11.8 Å². The number of hydrogen-bond acceptors (Lipinski definition) is 9. The Labute approximate surface area is 344 Å². The van der Waals surface area contributed by atoms with E-state index >= 15 is 0 Å². The molecular weight excluding hydrogens is 753 g/mol. The lowest BCUT2D eigenvalue weighted by atomic mass is 9.83. The van der Waals surface area contributed by atoms with E-state index in [2.05, 4.69) is 57.0 Å². The van der Waals surface area contributed by atoms with Gasteiger partial charge in [0.25, 0.3) is 0 Å². The number of nitrogens with one attached hydrogen (secondary N) is 4. The highest BCUT2D eigenvalue weighted by atomic mass is 16.5. The van der Waals surface area contributed by atoms with Crippen molar-refractivity contribution in [1.82, 2.24) is 40.4 Å². The number of carbonyl (C=O) groups is 4. The number of fused-ring (bicyclic) bond motifs is 5. The quantitative estimate of drug-likeness (QED) is 0.139. The summed E-state index contributed by atoms with van der Waals surface area (Å²) in [7, 11) is 4.10. The SMILES string of the molecule is COC(=O)NC(C(=O)N1CCC[C@H]1c1ncc(-c2ccc3c(c2)CCc2cc(-c4cnc([C@@H]5[C@H]6CC[C@H](C6)N5C(=O)C(NC(=O)OC)C(C)OC)[nH]4)ccc2-3)[nH]1)C(C)C. The summed E-state index contributed by atoms with van der Waals surface area (Å²) in [6.07, 6.45) is 8.09. The molecule has 7 atom stereocenters. The zero-order valence-electron chi connectivity index (χ0n) is 34.5. The molecule has 2 aliphatic heterocycles. The van der Waals surface area contributed by atoms with Crippen LogP contribution in [0.5, 0.6) is 0 Å². The summed E-state index contributed by atoms with van der Waals surface area (Å²) < 4.78 is 15.1. The van der Waals surface area contributed by atoms with E-state index in [1.807, 2.05) is 36.0 Å². The van der Waals surface area contributed by atoms with Crippen LogP contribution in [0.1, 0.15) is 87.7 Å². The van der Waals surface area contributed by atoms with Crippen LogP contribution in [0.3, 0.4) is 0 Å². The second kappa shape index (κ2) is 16.5. The molecule has 4 heterocycles. The Bertz CT molecular complexity index is 2230. The van der Waals surface area contributed by atoms with E-state index < -0.39 is 30.4 Å². The Morgan fingerprint density at radius 2 is 1.36 bits per heavy atom. The molecule has 4 N–H and O–H groups in total. The molecule has 2 saturated heterocycles. The maximum Gasteiger partial charge on any atom is 0.407 e. The zero-order chi connectivity index (χ0) is 41.5. The third-order valence-electron chi connectivity index (χ3n) is 12.9. The minimum Gasteiger partial charge on any atom is -0.453 e. The van der Waals surface area contributed by atoms with E-state index in [1.54, 1.807) is 6.92 Å². The first-order valence-electron chi connectivity index (χ1n) is 20.7. The molecule has 15 nitrogen and oxygen atoms in total. The number of aryl methyl sites for hydroxylation is 2. The number of H-pyrrole nitrogens is 2. The first kappa shape index (κ1) is 40.1. The highest BCUT2D eigenvalue weighted by Gasteiger charge is 2.52. The normalized spacial score (nSPS) is 22.1. The zero-order valence-corrected chi connectivity index (χ0v) is 34.5. The van der Waals surface area contributed by atoms with Crippen molar-refractivity contribution < 1.29 is 33.4 Å². The number of aromatic nitrogens is 4. The fraction of sp³-hybridized carbons (Fsp3) is 0.500. The number of alkyl carbamates (subject to hydrolysis) is 2. The molecule has 0 radical (unpaired) electrons. The number of aromatic amines is 2. The average molecular weight is 807 g/mol. The van der Waals surface area contributed by atoms with Gasteiger partial charge in [0, 0.05) is 19.7 Å². The number of imidazole rings is 2. The first-order chi connectivity index (χ1) is 28.5. The number of benzene rings is 2. The van der Waals surface area contributed by atoms with E-state index in [1.165, 1.54) is 43.6 Å². The molecule has 0 spiro atoms. The molecule has 3 unspecified atom stereocenters. The van der Waals surface area contributed by atoms with Crippen molar-refractivity contribution in [2.75, 3.05) is 27.9 Å². The topological polar surface area (TPSA) is 184 Å². The van der Waals surface area contributed by atoms with E-state index in [0.717, 1.165) is 79.1 Å². The molecule has 2 aliphatic carbocycles. The Morgan fingerprint density at radius 3 is 1.95 bits per heavy atom. The molecule has 4 aliphatic rings. The van der Waals surface area contributed by atoms with Gasteiger partial charge in [0.05, 0.1) is 56.2 Å². The summed E-state index contributed by atoms with van der Waals surface area (Å²) in [5, 5.41) is 5.41. The first-order valence-corrected chi connectivity index (χ1v) is 20.7. The molecule has 4 amide bonds. The molecule has 2 bridgehead atoms. The summed E-state index contributed by atoms with van der Waals surface area (Å²) in [4.78, 5) is 72.3. The highest BCUT2D eigenvalue weighted by molar-refractivity contribution is 5.88. The Kier molecular flexibility index (Phi) is 11.2. The standard InChI is InChI=1S/C44H54N8O7/c1-23(2)36(49-43(55)58-5)41(53)51-17-7-8-35(51)39-45-21-33(47-39)27-12-15-31-25(18-27)9-10-26-19-28(13-16-32(26)31)34-22-46-40(48-34)38-29-11-14-30(20-29)52(38)42(54)37(24(3)57-4)50-44(56)59-6/h12-13,15-16,18-19,21-24,29-30,35-38H,7-11,14,17,20H2,1-6H3,(H,45,47)(H,46,48)(H,49,55)(H,50,56)/t24?,29-,30+,35-,36?,37?,38-/m0/s1. The van der Waals surface area contributed by atoms with Gasteiger partial charge < -0.3 is 44.6 Å². The molecule has 312 valence electrons. The van der Waals surface area contributed by atoms with E-state index in [-0.39, 0.29) is 41.8 Å². The molecule has 2 aromatic carbocycles. The van der Waals surface area contributed by atoms with Crippen LogP contribution in [0.2, 0.25) is 0 Å². The number of piperidine rings is 1. The summed E-state index contributed by atoms with van der Waals surface area (Å²) in [5.41, 5.74) is 8.79. The minimum absolute atomic E-state index is 0.0749. The van der Waals surface area contributed by atoms with E-state index in [0.29, 0.717) is 6.54 Å². The van der Waals surface area contributed by atoms with Crippen LogP contribution in [-0.4, -0.2) is 106 Å². The maximum absolute atomic E-state index is 14.1. The third-order valence-corrected chi connectivity index (χ3v) is 12.9. The molecule has 8 rings (SSSR count). The molecule has 4 aromatic rings. The number of methoxy groups -OCH3 is 3. The van der Waals surface area contributed by atoms with Gasteiger partial charge >= 0.3 is 12.2 Å². The molecule has 2 aromatic heterocycles. The van der Waals surface area contributed by atoms with Gasteiger partial charge in [-0.25, -0.2) is 19.6 Å². The fourth-order valence-corrected chi connectivity index (χ4v) is 9.73. The van der Waals surface area contributed by atoms with Gasteiger partial charge in [-0.3, -0.25) is 9.59 Å². The van der Waals surface area contributed by atoms with E-state index in [4.69, 9.17) is 24.2 Å². The van der Waals surface area contributed by atoms with Crippen molar-refractivity contribution in [2.45, 2.75) is 102 Å². The lowest BCUT2D eigenvalue weighted by Gasteiger charge is -2.37. The molecule has 1 saturated carbocycles. The molecular formula is C44H54N8O7. The number of nitrogens with zero attached hydrogens (tertiary/aromatic N) is 4. The van der Waals surface area contributed by atoms with Crippen LogP contribution in [-0.2, 0) is 36.6 Å². The number of likely N-dealkylation sites (tertiary alicyclic amines) is 2.